The maximum Gasteiger partial charge on any atom is 0.317 e. The Labute approximate surface area is 149 Å². The van der Waals surface area contributed by atoms with Gasteiger partial charge in [-0.1, -0.05) is 19.1 Å². The number of imidazole rings is 1. The van der Waals surface area contributed by atoms with E-state index in [0.717, 1.165) is 36.2 Å². The number of urea groups is 1. The number of ether oxygens (including phenoxy) is 1. The molecule has 2 heterocycles. The second-order valence-corrected chi connectivity index (χ2v) is 6.82. The van der Waals surface area contributed by atoms with Crippen LogP contribution >= 0.6 is 0 Å². The Kier molecular flexibility index (Phi) is 5.27. The first-order chi connectivity index (χ1) is 12.1. The van der Waals surface area contributed by atoms with Gasteiger partial charge in [-0.05, 0) is 32.4 Å². The van der Waals surface area contributed by atoms with Crippen LogP contribution in [0.25, 0.3) is 11.0 Å². The van der Waals surface area contributed by atoms with E-state index in [9.17, 15) is 4.79 Å². The molecular formula is C19H28N4O2. The highest BCUT2D eigenvalue weighted by atomic mass is 16.5. The van der Waals surface area contributed by atoms with E-state index in [0.29, 0.717) is 26.2 Å². The lowest BCUT2D eigenvalue weighted by atomic mass is 10.0. The fourth-order valence-corrected chi connectivity index (χ4v) is 3.38. The van der Waals surface area contributed by atoms with Gasteiger partial charge < -0.3 is 19.5 Å². The molecule has 0 bridgehead atoms. The maximum absolute atomic E-state index is 12.5. The topological polar surface area (TPSA) is 59.4 Å². The zero-order valence-electron chi connectivity index (χ0n) is 15.4. The quantitative estimate of drug-likeness (QED) is 0.907. The summed E-state index contributed by atoms with van der Waals surface area (Å²) in [5, 5.41) is 3.04. The van der Waals surface area contributed by atoms with Crippen molar-refractivity contribution in [2.45, 2.75) is 45.8 Å². The number of hydrogen-bond acceptors (Lipinski definition) is 3. The molecule has 0 saturated carbocycles. The smallest absolute Gasteiger partial charge is 0.317 e. The Hall–Kier alpha value is -2.08. The number of rotatable bonds is 5. The summed E-state index contributed by atoms with van der Waals surface area (Å²) in [7, 11) is 0. The van der Waals surface area contributed by atoms with Crippen LogP contribution in [0.15, 0.2) is 24.3 Å². The molecule has 1 fully saturated rings. The van der Waals surface area contributed by atoms with Crippen LogP contribution in [0.5, 0.6) is 0 Å². The van der Waals surface area contributed by atoms with Gasteiger partial charge in [0.1, 0.15) is 5.82 Å². The monoisotopic (exact) mass is 344 g/mol. The Morgan fingerprint density at radius 3 is 2.92 bits per heavy atom. The number of aryl methyl sites for hydroxylation is 1. The summed E-state index contributed by atoms with van der Waals surface area (Å²) < 4.78 is 8.01. The molecule has 0 radical (unpaired) electrons. The number of para-hydroxylation sites is 2. The minimum atomic E-state index is -0.230. The average molecular weight is 344 g/mol. The van der Waals surface area contributed by atoms with Crippen LogP contribution in [-0.2, 0) is 17.7 Å². The van der Waals surface area contributed by atoms with Crippen LogP contribution in [0, 0.1) is 0 Å². The first-order valence-corrected chi connectivity index (χ1v) is 9.17. The molecule has 0 spiro atoms. The number of nitrogens with one attached hydrogen (secondary N) is 1. The van der Waals surface area contributed by atoms with Gasteiger partial charge in [-0.3, -0.25) is 0 Å². The summed E-state index contributed by atoms with van der Waals surface area (Å²) in [4.78, 5) is 19.0. The molecule has 2 amide bonds. The van der Waals surface area contributed by atoms with Crippen molar-refractivity contribution in [1.29, 1.82) is 0 Å². The van der Waals surface area contributed by atoms with Crippen LogP contribution in [0.3, 0.4) is 0 Å². The number of benzene rings is 1. The number of carbonyl (C=O) groups excluding carboxylic acids is 1. The first-order valence-electron chi connectivity index (χ1n) is 9.17. The van der Waals surface area contributed by atoms with Gasteiger partial charge >= 0.3 is 6.03 Å². The highest BCUT2D eigenvalue weighted by Gasteiger charge is 2.32. The normalized spacial score (nSPS) is 20.8. The van der Waals surface area contributed by atoms with E-state index in [-0.39, 0.29) is 11.6 Å². The van der Waals surface area contributed by atoms with E-state index in [1.807, 2.05) is 23.1 Å². The van der Waals surface area contributed by atoms with E-state index in [2.05, 4.69) is 36.7 Å². The molecular weight excluding hydrogens is 316 g/mol. The molecule has 1 aromatic carbocycles. The van der Waals surface area contributed by atoms with Crippen molar-refractivity contribution in [3.05, 3.63) is 30.1 Å². The standard InChI is InChI=1S/C19H28N4O2/c1-4-19(3)14-22(12-13-25-19)18(24)20-11-10-17-21-15-8-6-7-9-16(15)23(17)5-2/h6-9H,4-5,10-14H2,1-3H3,(H,20,24)/t19-/m1/s1. The lowest BCUT2D eigenvalue weighted by Gasteiger charge is -2.39. The Bertz CT molecular complexity index is 742. The van der Waals surface area contributed by atoms with Gasteiger partial charge in [0.2, 0.25) is 0 Å². The molecule has 1 N–H and O–H groups in total. The van der Waals surface area contributed by atoms with Crippen molar-refractivity contribution in [3.8, 4) is 0 Å². The highest BCUT2D eigenvalue weighted by molar-refractivity contribution is 5.76. The molecule has 2 aromatic rings. The molecule has 25 heavy (non-hydrogen) atoms. The second kappa shape index (κ2) is 7.44. The second-order valence-electron chi connectivity index (χ2n) is 6.82. The van der Waals surface area contributed by atoms with Gasteiger partial charge in [0.05, 0.1) is 29.8 Å². The zero-order valence-corrected chi connectivity index (χ0v) is 15.4. The zero-order chi connectivity index (χ0) is 17.9. The van der Waals surface area contributed by atoms with Crippen molar-refractivity contribution in [2.75, 3.05) is 26.2 Å². The third kappa shape index (κ3) is 3.79. The third-order valence-electron chi connectivity index (χ3n) is 5.05. The van der Waals surface area contributed by atoms with Crippen molar-refractivity contribution >= 4 is 17.1 Å². The van der Waals surface area contributed by atoms with Gasteiger partial charge in [-0.15, -0.1) is 0 Å². The number of carbonyl (C=O) groups is 1. The van der Waals surface area contributed by atoms with Gasteiger partial charge in [0.25, 0.3) is 0 Å². The summed E-state index contributed by atoms with van der Waals surface area (Å²) in [6.45, 7) is 9.63. The molecule has 1 aliphatic rings. The first kappa shape index (κ1) is 17.7. The van der Waals surface area contributed by atoms with Crippen LogP contribution in [0.2, 0.25) is 0 Å². The number of amides is 2. The molecule has 0 unspecified atom stereocenters. The summed E-state index contributed by atoms with van der Waals surface area (Å²) >= 11 is 0. The van der Waals surface area contributed by atoms with E-state index < -0.39 is 0 Å². The lowest BCUT2D eigenvalue weighted by molar-refractivity contribution is -0.0872. The van der Waals surface area contributed by atoms with Gasteiger partial charge in [-0.25, -0.2) is 9.78 Å². The van der Waals surface area contributed by atoms with Crippen LogP contribution in [-0.4, -0.2) is 52.3 Å². The third-order valence-corrected chi connectivity index (χ3v) is 5.05. The number of fused-ring (bicyclic) bond motifs is 1. The van der Waals surface area contributed by atoms with Crippen molar-refractivity contribution in [3.63, 3.8) is 0 Å². The summed E-state index contributed by atoms with van der Waals surface area (Å²) in [5.41, 5.74) is 1.93. The molecule has 3 rings (SSSR count). The molecule has 6 heteroatoms. The fraction of sp³-hybridized carbons (Fsp3) is 0.579. The van der Waals surface area contributed by atoms with Crippen molar-refractivity contribution in [1.82, 2.24) is 19.8 Å². The average Bonchev–Trinajstić information content (AvgIpc) is 2.99. The molecule has 1 aliphatic heterocycles. The largest absolute Gasteiger partial charge is 0.372 e. The van der Waals surface area contributed by atoms with Gasteiger partial charge in [-0.2, -0.15) is 0 Å². The molecule has 6 nitrogen and oxygen atoms in total. The molecule has 1 aromatic heterocycles. The molecule has 136 valence electrons. The molecule has 0 aliphatic carbocycles. The maximum atomic E-state index is 12.5. The van der Waals surface area contributed by atoms with Crippen LogP contribution in [0.1, 0.15) is 33.0 Å². The summed E-state index contributed by atoms with van der Waals surface area (Å²) in [6, 6.07) is 8.15. The molecule has 1 atom stereocenters. The van der Waals surface area contributed by atoms with Gasteiger partial charge in [0, 0.05) is 26.1 Å². The number of hydrogen-bond donors (Lipinski definition) is 1. The van der Waals surface area contributed by atoms with E-state index >= 15 is 0 Å². The predicted molar refractivity (Wildman–Crippen MR) is 98.7 cm³/mol. The summed E-state index contributed by atoms with van der Waals surface area (Å²) in [6.07, 6.45) is 1.63. The van der Waals surface area contributed by atoms with E-state index in [1.165, 1.54) is 0 Å². The number of nitrogens with zero attached hydrogens (tertiary/aromatic N) is 3. The van der Waals surface area contributed by atoms with Crippen molar-refractivity contribution < 1.29 is 9.53 Å². The van der Waals surface area contributed by atoms with E-state index in [1.54, 1.807) is 0 Å². The van der Waals surface area contributed by atoms with Gasteiger partial charge in [0.15, 0.2) is 0 Å². The Morgan fingerprint density at radius 2 is 2.16 bits per heavy atom. The Morgan fingerprint density at radius 1 is 1.36 bits per heavy atom. The minimum absolute atomic E-state index is 0.0119. The minimum Gasteiger partial charge on any atom is -0.372 e. The number of aromatic nitrogens is 2. The van der Waals surface area contributed by atoms with Crippen molar-refractivity contribution in [2.24, 2.45) is 0 Å². The summed E-state index contributed by atoms with van der Waals surface area (Å²) in [5.74, 6) is 1.02. The Balaban J connectivity index is 1.59. The van der Waals surface area contributed by atoms with E-state index in [4.69, 9.17) is 9.72 Å². The number of morpholine rings is 1. The highest BCUT2D eigenvalue weighted by Crippen LogP contribution is 2.21. The molecule has 1 saturated heterocycles. The lowest BCUT2D eigenvalue weighted by Crippen LogP contribution is -2.54. The van der Waals surface area contributed by atoms with Crippen LogP contribution < -0.4 is 5.32 Å². The SMILES string of the molecule is CCn1c(CCNC(=O)N2CCO[C@](C)(CC)C2)nc2ccccc21. The van der Waals surface area contributed by atoms with Crippen LogP contribution in [0.4, 0.5) is 4.79 Å². The predicted octanol–water partition coefficient (Wildman–Crippen LogP) is 2.81. The fourth-order valence-electron chi connectivity index (χ4n) is 3.38.